The maximum atomic E-state index is 12.7. The molecule has 0 atom stereocenters. The van der Waals surface area contributed by atoms with E-state index in [4.69, 9.17) is 9.57 Å². The molecule has 0 saturated heterocycles. The summed E-state index contributed by atoms with van der Waals surface area (Å²) in [6.45, 7) is 1.66. The third-order valence-electron chi connectivity index (χ3n) is 3.63. The van der Waals surface area contributed by atoms with Gasteiger partial charge >= 0.3 is 0 Å². The number of sulfonamides is 1. The van der Waals surface area contributed by atoms with Gasteiger partial charge in [0, 0.05) is 18.3 Å². The molecule has 0 aromatic heterocycles. The number of anilines is 1. The van der Waals surface area contributed by atoms with Crippen LogP contribution in [0.5, 0.6) is 5.75 Å². The Hall–Kier alpha value is -2.58. The summed E-state index contributed by atoms with van der Waals surface area (Å²) in [6.07, 6.45) is 0. The van der Waals surface area contributed by atoms with Crippen molar-refractivity contribution in [3.05, 3.63) is 53.6 Å². The van der Waals surface area contributed by atoms with Crippen LogP contribution in [0, 0.1) is 6.92 Å². The maximum Gasteiger partial charge on any atom is 0.277 e. The number of hydroxylamine groups is 2. The molecular formula is C17H20N2O5S. The molecule has 134 valence electrons. The van der Waals surface area contributed by atoms with Crippen molar-refractivity contribution < 1.29 is 22.8 Å². The first-order valence-corrected chi connectivity index (χ1v) is 8.86. The average Bonchev–Trinajstić information content (AvgIpc) is 2.61. The van der Waals surface area contributed by atoms with E-state index in [-0.39, 0.29) is 10.5 Å². The molecule has 0 spiro atoms. The number of benzene rings is 2. The first-order valence-electron chi connectivity index (χ1n) is 7.38. The molecule has 7 nitrogen and oxygen atoms in total. The molecule has 25 heavy (non-hydrogen) atoms. The zero-order valence-electron chi connectivity index (χ0n) is 14.4. The van der Waals surface area contributed by atoms with E-state index >= 15 is 0 Å². The van der Waals surface area contributed by atoms with Crippen LogP contribution >= 0.6 is 0 Å². The highest BCUT2D eigenvalue weighted by Gasteiger charge is 2.20. The maximum absolute atomic E-state index is 12.7. The number of carbonyl (C=O) groups is 1. The number of amides is 1. The summed E-state index contributed by atoms with van der Waals surface area (Å²) in [7, 11) is 0.482. The van der Waals surface area contributed by atoms with E-state index in [0.29, 0.717) is 17.0 Å². The molecule has 0 heterocycles. The van der Waals surface area contributed by atoms with Crippen molar-refractivity contribution in [3.8, 4) is 5.75 Å². The van der Waals surface area contributed by atoms with Crippen LogP contribution in [-0.2, 0) is 14.9 Å². The third-order valence-corrected chi connectivity index (χ3v) is 5.15. The van der Waals surface area contributed by atoms with Crippen molar-refractivity contribution in [2.24, 2.45) is 0 Å². The van der Waals surface area contributed by atoms with Crippen LogP contribution in [0.2, 0.25) is 0 Å². The number of ether oxygens (including phenoxy) is 1. The van der Waals surface area contributed by atoms with E-state index < -0.39 is 15.9 Å². The lowest BCUT2D eigenvalue weighted by Gasteiger charge is -2.16. The number of hydrogen-bond donors (Lipinski definition) is 1. The molecule has 0 unspecified atom stereocenters. The van der Waals surface area contributed by atoms with Crippen LogP contribution in [0.25, 0.3) is 0 Å². The number of aryl methyl sites for hydroxylation is 1. The highest BCUT2D eigenvalue weighted by molar-refractivity contribution is 7.92. The molecular weight excluding hydrogens is 344 g/mol. The number of hydrogen-bond acceptors (Lipinski definition) is 5. The molecule has 2 aromatic rings. The number of carbonyl (C=O) groups excluding carboxylic acids is 1. The van der Waals surface area contributed by atoms with Crippen LogP contribution in [0.15, 0.2) is 47.4 Å². The summed E-state index contributed by atoms with van der Waals surface area (Å²) in [6, 6.07) is 11.0. The molecule has 2 aromatic carbocycles. The van der Waals surface area contributed by atoms with E-state index in [9.17, 15) is 13.2 Å². The average molecular weight is 364 g/mol. The van der Waals surface area contributed by atoms with Crippen LogP contribution in [0.3, 0.4) is 0 Å². The lowest BCUT2D eigenvalue weighted by Crippen LogP contribution is -2.26. The summed E-state index contributed by atoms with van der Waals surface area (Å²) in [4.78, 5) is 17.0. The molecule has 8 heteroatoms. The summed E-state index contributed by atoms with van der Waals surface area (Å²) >= 11 is 0. The lowest BCUT2D eigenvalue weighted by molar-refractivity contribution is -0.0757. The third kappa shape index (κ3) is 4.28. The fourth-order valence-corrected chi connectivity index (χ4v) is 3.49. The van der Waals surface area contributed by atoms with E-state index in [2.05, 4.69) is 4.72 Å². The Morgan fingerprint density at radius 1 is 1.08 bits per heavy atom. The Morgan fingerprint density at radius 3 is 2.28 bits per heavy atom. The molecule has 0 aliphatic heterocycles. The van der Waals surface area contributed by atoms with Crippen molar-refractivity contribution in [1.82, 2.24) is 5.06 Å². The fourth-order valence-electron chi connectivity index (χ4n) is 2.16. The molecule has 0 aliphatic rings. The van der Waals surface area contributed by atoms with Crippen LogP contribution in [-0.4, -0.2) is 40.7 Å². The van der Waals surface area contributed by atoms with Gasteiger partial charge < -0.3 is 4.74 Å². The first-order chi connectivity index (χ1) is 11.8. The van der Waals surface area contributed by atoms with Crippen LogP contribution in [0.1, 0.15) is 15.9 Å². The van der Waals surface area contributed by atoms with Crippen LogP contribution < -0.4 is 9.46 Å². The van der Waals surface area contributed by atoms with Crippen molar-refractivity contribution in [3.63, 3.8) is 0 Å². The van der Waals surface area contributed by atoms with Crippen molar-refractivity contribution in [2.45, 2.75) is 11.8 Å². The second-order valence-electron chi connectivity index (χ2n) is 5.30. The predicted molar refractivity (Wildman–Crippen MR) is 94.1 cm³/mol. The Balaban J connectivity index is 2.35. The summed E-state index contributed by atoms with van der Waals surface area (Å²) in [5.74, 6) is 0.178. The summed E-state index contributed by atoms with van der Waals surface area (Å²) in [5.41, 5.74) is 1.13. The lowest BCUT2D eigenvalue weighted by atomic mass is 10.1. The summed E-state index contributed by atoms with van der Waals surface area (Å²) < 4.78 is 32.9. The molecule has 0 bridgehead atoms. The van der Waals surface area contributed by atoms with E-state index in [1.165, 1.54) is 27.3 Å². The number of nitrogens with one attached hydrogen (secondary N) is 1. The van der Waals surface area contributed by atoms with Crippen molar-refractivity contribution in [2.75, 3.05) is 26.0 Å². The first kappa shape index (κ1) is 18.8. The zero-order chi connectivity index (χ0) is 18.6. The van der Waals surface area contributed by atoms with Gasteiger partial charge in [0.25, 0.3) is 15.9 Å². The van der Waals surface area contributed by atoms with Gasteiger partial charge in [-0.1, -0.05) is 6.07 Å². The Labute approximate surface area is 147 Å². The second-order valence-corrected chi connectivity index (χ2v) is 6.95. The Bertz CT molecular complexity index is 863. The SMILES string of the molecule is COc1ccc(NS(=O)(=O)c2cc(C(=O)N(C)OC)ccc2C)cc1. The number of nitrogens with zero attached hydrogens (tertiary/aromatic N) is 1. The normalized spacial score (nSPS) is 11.0. The van der Waals surface area contributed by atoms with Gasteiger partial charge in [0.2, 0.25) is 0 Å². The quantitative estimate of drug-likeness (QED) is 0.796. The Morgan fingerprint density at radius 2 is 1.72 bits per heavy atom. The minimum Gasteiger partial charge on any atom is -0.497 e. The van der Waals surface area contributed by atoms with Gasteiger partial charge in [-0.05, 0) is 48.9 Å². The van der Waals surface area contributed by atoms with Gasteiger partial charge in [-0.25, -0.2) is 13.5 Å². The predicted octanol–water partition coefficient (Wildman–Crippen LogP) is 2.44. The largest absolute Gasteiger partial charge is 0.497 e. The standard InChI is InChI=1S/C17H20N2O5S/c1-12-5-6-13(17(20)19(2)24-4)11-16(12)25(21,22)18-14-7-9-15(23-3)10-8-14/h5-11,18H,1-4H3. The van der Waals surface area contributed by atoms with Gasteiger partial charge in [-0.2, -0.15) is 0 Å². The molecule has 0 aliphatic carbocycles. The monoisotopic (exact) mass is 364 g/mol. The molecule has 0 saturated carbocycles. The number of rotatable bonds is 6. The van der Waals surface area contributed by atoms with Crippen molar-refractivity contribution in [1.29, 1.82) is 0 Å². The highest BCUT2D eigenvalue weighted by Crippen LogP contribution is 2.23. The minimum absolute atomic E-state index is 0.0265. The molecule has 0 fully saturated rings. The Kier molecular flexibility index (Phi) is 5.66. The smallest absolute Gasteiger partial charge is 0.277 e. The molecule has 0 radical (unpaired) electrons. The molecule has 1 N–H and O–H groups in total. The molecule has 2 rings (SSSR count). The summed E-state index contributed by atoms with van der Waals surface area (Å²) in [5, 5.41) is 1.03. The zero-order valence-corrected chi connectivity index (χ0v) is 15.3. The van der Waals surface area contributed by atoms with E-state index in [1.54, 1.807) is 43.3 Å². The van der Waals surface area contributed by atoms with Crippen LogP contribution in [0.4, 0.5) is 5.69 Å². The van der Waals surface area contributed by atoms with E-state index in [0.717, 1.165) is 5.06 Å². The minimum atomic E-state index is -3.85. The highest BCUT2D eigenvalue weighted by atomic mass is 32.2. The van der Waals surface area contributed by atoms with E-state index in [1.807, 2.05) is 0 Å². The topological polar surface area (TPSA) is 84.9 Å². The van der Waals surface area contributed by atoms with Gasteiger partial charge in [-0.15, -0.1) is 0 Å². The second kappa shape index (κ2) is 7.54. The van der Waals surface area contributed by atoms with Gasteiger partial charge in [0.05, 0.1) is 19.1 Å². The fraction of sp³-hybridized carbons (Fsp3) is 0.235. The van der Waals surface area contributed by atoms with Gasteiger partial charge in [0.15, 0.2) is 0 Å². The van der Waals surface area contributed by atoms with Gasteiger partial charge in [0.1, 0.15) is 5.75 Å². The molecule has 1 amide bonds. The van der Waals surface area contributed by atoms with Crippen molar-refractivity contribution >= 4 is 21.6 Å². The number of methoxy groups -OCH3 is 1. The van der Waals surface area contributed by atoms with Gasteiger partial charge in [-0.3, -0.25) is 14.4 Å².